The van der Waals surface area contributed by atoms with E-state index in [4.69, 9.17) is 0 Å². The number of amides is 2. The number of carbonyl (C=O) groups excluding carboxylic acids is 2. The fraction of sp³-hybridized carbons (Fsp3) is 0.500. The predicted octanol–water partition coefficient (Wildman–Crippen LogP) is 3.00. The maximum Gasteiger partial charge on any atom is 0.248 e. The van der Waals surface area contributed by atoms with Crippen molar-refractivity contribution in [1.82, 2.24) is 4.90 Å². The molecule has 2 amide bonds. The maximum atomic E-state index is 13.7. The molecule has 1 N–H and O–H groups in total. The Morgan fingerprint density at radius 1 is 1.22 bits per heavy atom. The van der Waals surface area contributed by atoms with E-state index in [1.807, 2.05) is 0 Å². The summed E-state index contributed by atoms with van der Waals surface area (Å²) in [5.41, 5.74) is -0.194. The van der Waals surface area contributed by atoms with Crippen molar-refractivity contribution in [3.05, 3.63) is 29.8 Å². The average Bonchev–Trinajstić information content (AvgIpc) is 3.21. The monoisotopic (exact) mass is 340 g/mol. The van der Waals surface area contributed by atoms with E-state index in [0.717, 1.165) is 31.7 Å². The van der Waals surface area contributed by atoms with Crippen LogP contribution in [-0.2, 0) is 9.59 Å². The average molecular weight is 340 g/mol. The molecule has 4 nitrogen and oxygen atoms in total. The number of thioether (sulfide) groups is 1. The van der Waals surface area contributed by atoms with E-state index in [0.29, 0.717) is 11.6 Å². The van der Waals surface area contributed by atoms with Gasteiger partial charge in [0.05, 0.1) is 11.6 Å². The number of hydrogen-bond donors (Lipinski definition) is 1. The molecule has 0 radical (unpaired) electrons. The van der Waals surface area contributed by atoms with Crippen molar-refractivity contribution in [2.75, 3.05) is 16.9 Å². The molecule has 0 bridgehead atoms. The molecule has 1 atom stereocenters. The summed E-state index contributed by atoms with van der Waals surface area (Å²) in [5.74, 6) is -1.61. The zero-order valence-electron chi connectivity index (χ0n) is 12.6. The summed E-state index contributed by atoms with van der Waals surface area (Å²) in [5, 5.41) is 2.41. The Bertz CT molecular complexity index is 620. The van der Waals surface area contributed by atoms with Gasteiger partial charge in [-0.15, -0.1) is 11.8 Å². The standard InChI is InChI=1S/C16H18F2N2O2S/c17-11-6-3-7-12(14(11)18)19-15(21)13-8-23-9-20(13)16(22)10-4-1-2-5-10/h3,6-7,10,13H,1-2,4-5,8-9H2,(H,19,21)/t13-/m0/s1. The molecule has 1 heterocycles. The molecule has 0 unspecified atom stereocenters. The highest BCUT2D eigenvalue weighted by molar-refractivity contribution is 7.99. The van der Waals surface area contributed by atoms with Crippen LogP contribution in [0.15, 0.2) is 18.2 Å². The molecule has 0 spiro atoms. The molecule has 2 fully saturated rings. The van der Waals surface area contributed by atoms with Gasteiger partial charge in [-0.05, 0) is 25.0 Å². The Kier molecular flexibility index (Phi) is 4.84. The quantitative estimate of drug-likeness (QED) is 0.920. The maximum absolute atomic E-state index is 13.7. The number of halogens is 2. The number of carbonyl (C=O) groups is 2. The third-order valence-electron chi connectivity index (χ3n) is 4.38. The van der Waals surface area contributed by atoms with Crippen molar-refractivity contribution in [3.63, 3.8) is 0 Å². The van der Waals surface area contributed by atoms with Crippen LogP contribution in [-0.4, -0.2) is 34.4 Å². The van der Waals surface area contributed by atoms with Gasteiger partial charge in [-0.1, -0.05) is 18.9 Å². The molecule has 1 saturated heterocycles. The second-order valence-electron chi connectivity index (χ2n) is 5.90. The molecule has 1 aliphatic carbocycles. The number of benzene rings is 1. The molecule has 1 aromatic rings. The van der Waals surface area contributed by atoms with E-state index in [2.05, 4.69) is 5.32 Å². The van der Waals surface area contributed by atoms with Gasteiger partial charge in [-0.2, -0.15) is 0 Å². The molecule has 1 aromatic carbocycles. The van der Waals surface area contributed by atoms with Crippen LogP contribution in [0.4, 0.5) is 14.5 Å². The van der Waals surface area contributed by atoms with Crippen LogP contribution in [0.25, 0.3) is 0 Å². The van der Waals surface area contributed by atoms with Gasteiger partial charge in [0.2, 0.25) is 11.8 Å². The zero-order valence-corrected chi connectivity index (χ0v) is 13.4. The molecule has 23 heavy (non-hydrogen) atoms. The summed E-state index contributed by atoms with van der Waals surface area (Å²) in [6, 6.07) is 3.00. The molecule has 1 saturated carbocycles. The minimum absolute atomic E-state index is 0.00472. The first-order valence-electron chi connectivity index (χ1n) is 7.71. The van der Waals surface area contributed by atoms with Crippen LogP contribution in [0, 0.1) is 17.6 Å². The van der Waals surface area contributed by atoms with E-state index in [1.54, 1.807) is 4.90 Å². The molecule has 3 rings (SSSR count). The third-order valence-corrected chi connectivity index (χ3v) is 5.39. The SMILES string of the molecule is O=C(Nc1cccc(F)c1F)[C@@H]1CSCN1C(=O)C1CCCC1. The minimum atomic E-state index is -1.08. The van der Waals surface area contributed by atoms with Crippen LogP contribution in [0.3, 0.4) is 0 Å². The van der Waals surface area contributed by atoms with Gasteiger partial charge in [0.1, 0.15) is 6.04 Å². The molecule has 1 aliphatic heterocycles. The van der Waals surface area contributed by atoms with Crippen molar-refractivity contribution in [2.45, 2.75) is 31.7 Å². The minimum Gasteiger partial charge on any atom is -0.322 e. The van der Waals surface area contributed by atoms with Crippen LogP contribution in [0.1, 0.15) is 25.7 Å². The molecular formula is C16H18F2N2O2S. The van der Waals surface area contributed by atoms with Gasteiger partial charge < -0.3 is 10.2 Å². The van der Waals surface area contributed by atoms with Crippen molar-refractivity contribution >= 4 is 29.3 Å². The molecule has 124 valence electrons. The Morgan fingerprint density at radius 2 is 1.96 bits per heavy atom. The highest BCUT2D eigenvalue weighted by Crippen LogP contribution is 2.31. The summed E-state index contributed by atoms with van der Waals surface area (Å²) in [6.45, 7) is 0. The summed E-state index contributed by atoms with van der Waals surface area (Å²) in [7, 11) is 0. The number of nitrogens with one attached hydrogen (secondary N) is 1. The second kappa shape index (κ2) is 6.86. The number of rotatable bonds is 3. The fourth-order valence-electron chi connectivity index (χ4n) is 3.10. The first kappa shape index (κ1) is 16.2. The third kappa shape index (κ3) is 3.34. The van der Waals surface area contributed by atoms with E-state index >= 15 is 0 Å². The summed E-state index contributed by atoms with van der Waals surface area (Å²) >= 11 is 1.50. The first-order chi connectivity index (χ1) is 11.1. The highest BCUT2D eigenvalue weighted by atomic mass is 32.2. The summed E-state index contributed by atoms with van der Waals surface area (Å²) in [6.07, 6.45) is 3.82. The van der Waals surface area contributed by atoms with Crippen molar-refractivity contribution in [2.24, 2.45) is 5.92 Å². The molecule has 0 aromatic heterocycles. The van der Waals surface area contributed by atoms with Crippen LogP contribution in [0.2, 0.25) is 0 Å². The van der Waals surface area contributed by atoms with E-state index in [9.17, 15) is 18.4 Å². The predicted molar refractivity (Wildman–Crippen MR) is 84.9 cm³/mol. The van der Waals surface area contributed by atoms with Gasteiger partial charge in [-0.3, -0.25) is 9.59 Å². The van der Waals surface area contributed by atoms with Gasteiger partial charge in [0, 0.05) is 11.7 Å². The lowest BCUT2D eigenvalue weighted by atomic mass is 10.1. The van der Waals surface area contributed by atoms with E-state index in [1.165, 1.54) is 23.9 Å². The van der Waals surface area contributed by atoms with Gasteiger partial charge in [0.15, 0.2) is 11.6 Å². The summed E-state index contributed by atoms with van der Waals surface area (Å²) < 4.78 is 26.9. The number of anilines is 1. The van der Waals surface area contributed by atoms with E-state index < -0.39 is 23.6 Å². The second-order valence-corrected chi connectivity index (χ2v) is 6.90. The van der Waals surface area contributed by atoms with Gasteiger partial charge in [-0.25, -0.2) is 8.78 Å². The Hall–Kier alpha value is -1.63. The zero-order chi connectivity index (χ0) is 16.4. The van der Waals surface area contributed by atoms with E-state index in [-0.39, 0.29) is 17.5 Å². The lowest BCUT2D eigenvalue weighted by molar-refractivity contribution is -0.139. The molecule has 2 aliphatic rings. The lowest BCUT2D eigenvalue weighted by Gasteiger charge is -2.25. The smallest absolute Gasteiger partial charge is 0.248 e. The van der Waals surface area contributed by atoms with Crippen LogP contribution >= 0.6 is 11.8 Å². The van der Waals surface area contributed by atoms with Crippen LogP contribution < -0.4 is 5.32 Å². The lowest BCUT2D eigenvalue weighted by Crippen LogP contribution is -2.46. The fourth-order valence-corrected chi connectivity index (χ4v) is 4.26. The topological polar surface area (TPSA) is 49.4 Å². The number of hydrogen-bond acceptors (Lipinski definition) is 3. The van der Waals surface area contributed by atoms with Crippen molar-refractivity contribution < 1.29 is 18.4 Å². The Labute approximate surface area is 137 Å². The number of nitrogens with zero attached hydrogens (tertiary/aromatic N) is 1. The van der Waals surface area contributed by atoms with Crippen molar-refractivity contribution in [1.29, 1.82) is 0 Å². The molecular weight excluding hydrogens is 322 g/mol. The van der Waals surface area contributed by atoms with Crippen molar-refractivity contribution in [3.8, 4) is 0 Å². The Balaban J connectivity index is 1.70. The largest absolute Gasteiger partial charge is 0.322 e. The molecule has 7 heteroatoms. The summed E-state index contributed by atoms with van der Waals surface area (Å²) in [4.78, 5) is 26.5. The highest BCUT2D eigenvalue weighted by Gasteiger charge is 2.38. The van der Waals surface area contributed by atoms with Gasteiger partial charge in [0.25, 0.3) is 0 Å². The van der Waals surface area contributed by atoms with Crippen LogP contribution in [0.5, 0.6) is 0 Å². The van der Waals surface area contributed by atoms with Gasteiger partial charge >= 0.3 is 0 Å². The Morgan fingerprint density at radius 3 is 2.70 bits per heavy atom. The first-order valence-corrected chi connectivity index (χ1v) is 8.86. The normalized spacial score (nSPS) is 21.7.